The van der Waals surface area contributed by atoms with Crippen LogP contribution < -0.4 is 5.32 Å². The molecule has 1 amide bonds. The van der Waals surface area contributed by atoms with Gasteiger partial charge in [-0.05, 0) is 18.2 Å². The van der Waals surface area contributed by atoms with Gasteiger partial charge in [-0.15, -0.1) is 10.2 Å². The van der Waals surface area contributed by atoms with Gasteiger partial charge in [-0.2, -0.15) is 13.2 Å². The number of aromatic nitrogens is 4. The summed E-state index contributed by atoms with van der Waals surface area (Å²) in [6.07, 6.45) is -4.55. The van der Waals surface area contributed by atoms with E-state index in [0.717, 1.165) is 28.7 Å². The van der Waals surface area contributed by atoms with E-state index < -0.39 is 17.6 Å². The van der Waals surface area contributed by atoms with E-state index in [2.05, 4.69) is 20.5 Å². The second-order valence-electron chi connectivity index (χ2n) is 6.22. The van der Waals surface area contributed by atoms with Gasteiger partial charge in [0.1, 0.15) is 5.52 Å². The van der Waals surface area contributed by atoms with Gasteiger partial charge in [-0.25, -0.2) is 4.98 Å². The molecule has 0 aliphatic carbocycles. The number of para-hydroxylation sites is 2. The largest absolute Gasteiger partial charge is 0.418 e. The summed E-state index contributed by atoms with van der Waals surface area (Å²) in [5, 5.41) is 11.7. The highest BCUT2D eigenvalue weighted by Gasteiger charge is 2.33. The summed E-state index contributed by atoms with van der Waals surface area (Å²) in [7, 11) is 1.86. The van der Waals surface area contributed by atoms with Gasteiger partial charge in [0.2, 0.25) is 11.1 Å². The summed E-state index contributed by atoms with van der Waals surface area (Å²) in [6.45, 7) is 0. The second-order valence-corrected chi connectivity index (χ2v) is 7.17. The molecule has 0 radical (unpaired) electrons. The van der Waals surface area contributed by atoms with Gasteiger partial charge in [0, 0.05) is 12.4 Å². The lowest BCUT2D eigenvalue weighted by Gasteiger charge is -2.13. The van der Waals surface area contributed by atoms with E-state index in [1.165, 1.54) is 18.2 Å². The van der Waals surface area contributed by atoms with Crippen LogP contribution in [0.1, 0.15) is 5.56 Å². The maximum atomic E-state index is 13.0. The molecular formula is C19H14F3N5OS. The van der Waals surface area contributed by atoms with Gasteiger partial charge in [-0.1, -0.05) is 42.1 Å². The van der Waals surface area contributed by atoms with Crippen molar-refractivity contribution < 1.29 is 18.0 Å². The minimum atomic E-state index is -4.55. The van der Waals surface area contributed by atoms with Gasteiger partial charge in [-0.3, -0.25) is 4.79 Å². The molecule has 0 bridgehead atoms. The van der Waals surface area contributed by atoms with Crippen LogP contribution in [0.3, 0.4) is 0 Å². The van der Waals surface area contributed by atoms with Crippen molar-refractivity contribution in [2.24, 2.45) is 7.05 Å². The molecule has 4 aromatic rings. The van der Waals surface area contributed by atoms with Crippen LogP contribution in [-0.2, 0) is 18.0 Å². The number of benzene rings is 2. The molecule has 0 aliphatic rings. The highest BCUT2D eigenvalue weighted by Crippen LogP contribution is 2.34. The van der Waals surface area contributed by atoms with Crippen molar-refractivity contribution in [3.63, 3.8) is 0 Å². The van der Waals surface area contributed by atoms with Crippen LogP contribution in [0.2, 0.25) is 0 Å². The molecule has 0 unspecified atom stereocenters. The number of alkyl halides is 3. The first-order chi connectivity index (χ1) is 13.8. The van der Waals surface area contributed by atoms with Crippen LogP contribution in [0, 0.1) is 0 Å². The van der Waals surface area contributed by atoms with Gasteiger partial charge in [0.05, 0.1) is 22.5 Å². The maximum Gasteiger partial charge on any atom is 0.418 e. The number of hydrogen-bond donors (Lipinski definition) is 1. The average molecular weight is 417 g/mol. The molecule has 0 spiro atoms. The fraction of sp³-hybridized carbons (Fsp3) is 0.158. The molecule has 0 saturated heterocycles. The zero-order chi connectivity index (χ0) is 20.6. The Morgan fingerprint density at radius 3 is 2.62 bits per heavy atom. The first kappa shape index (κ1) is 19.2. The first-order valence-corrected chi connectivity index (χ1v) is 9.50. The van der Waals surface area contributed by atoms with Gasteiger partial charge in [0.15, 0.2) is 5.65 Å². The molecular weight excluding hydrogens is 403 g/mol. The lowest BCUT2D eigenvalue weighted by atomic mass is 10.1. The number of rotatable bonds is 4. The third kappa shape index (κ3) is 3.75. The molecule has 0 fully saturated rings. The molecule has 0 atom stereocenters. The fourth-order valence-corrected chi connectivity index (χ4v) is 3.59. The molecule has 1 N–H and O–H groups in total. The summed E-state index contributed by atoms with van der Waals surface area (Å²) >= 11 is 1.00. The van der Waals surface area contributed by atoms with Crippen molar-refractivity contribution in [3.8, 4) is 0 Å². The number of carbonyl (C=O) groups excluding carboxylic acids is 1. The molecule has 6 nitrogen and oxygen atoms in total. The van der Waals surface area contributed by atoms with Crippen LogP contribution >= 0.6 is 11.8 Å². The number of thioether (sulfide) groups is 1. The van der Waals surface area contributed by atoms with Crippen LogP contribution in [0.4, 0.5) is 18.9 Å². The molecule has 10 heteroatoms. The Kier molecular flexibility index (Phi) is 4.87. The van der Waals surface area contributed by atoms with E-state index in [0.29, 0.717) is 11.2 Å². The predicted octanol–water partition coefficient (Wildman–Crippen LogP) is 4.27. The van der Waals surface area contributed by atoms with Crippen molar-refractivity contribution in [2.45, 2.75) is 11.3 Å². The van der Waals surface area contributed by atoms with Gasteiger partial charge < -0.3 is 9.88 Å². The number of carbonyl (C=O) groups is 1. The molecule has 2 heterocycles. The average Bonchev–Trinajstić information content (AvgIpc) is 2.98. The summed E-state index contributed by atoms with van der Waals surface area (Å²) in [6, 6.07) is 12.5. The first-order valence-electron chi connectivity index (χ1n) is 8.51. The lowest BCUT2D eigenvalue weighted by molar-refractivity contribution is -0.137. The van der Waals surface area contributed by atoms with Crippen LogP contribution in [0.5, 0.6) is 0 Å². The van der Waals surface area contributed by atoms with Gasteiger partial charge in [0.25, 0.3) is 0 Å². The molecule has 4 rings (SSSR count). The Hall–Kier alpha value is -3.14. The van der Waals surface area contributed by atoms with E-state index in [-0.39, 0.29) is 16.6 Å². The molecule has 148 valence electrons. The zero-order valence-corrected chi connectivity index (χ0v) is 15.9. The molecule has 2 aromatic carbocycles. The predicted molar refractivity (Wildman–Crippen MR) is 105 cm³/mol. The summed E-state index contributed by atoms with van der Waals surface area (Å²) < 4.78 is 41.0. The van der Waals surface area contributed by atoms with Crippen LogP contribution in [0.15, 0.2) is 53.7 Å². The number of hydrogen-bond acceptors (Lipinski definition) is 5. The van der Waals surface area contributed by atoms with E-state index in [1.807, 2.05) is 35.9 Å². The van der Waals surface area contributed by atoms with E-state index in [4.69, 9.17) is 0 Å². The monoisotopic (exact) mass is 417 g/mol. The van der Waals surface area contributed by atoms with Crippen LogP contribution in [0.25, 0.3) is 22.1 Å². The summed E-state index contributed by atoms with van der Waals surface area (Å²) in [5.74, 6) is -0.740. The van der Waals surface area contributed by atoms with E-state index >= 15 is 0 Å². The molecule has 2 aromatic heterocycles. The van der Waals surface area contributed by atoms with Crippen molar-refractivity contribution in [1.82, 2.24) is 19.7 Å². The minimum Gasteiger partial charge on any atom is -0.327 e. The Bertz CT molecular complexity index is 1220. The summed E-state index contributed by atoms with van der Waals surface area (Å²) in [4.78, 5) is 16.6. The highest BCUT2D eigenvalue weighted by molar-refractivity contribution is 7.99. The minimum absolute atomic E-state index is 0.149. The Balaban J connectivity index is 1.51. The van der Waals surface area contributed by atoms with Crippen molar-refractivity contribution in [1.29, 1.82) is 0 Å². The van der Waals surface area contributed by atoms with Gasteiger partial charge >= 0.3 is 6.18 Å². The maximum absolute atomic E-state index is 13.0. The second kappa shape index (κ2) is 7.36. The standard InChI is InChI=1S/C19H14F3N5OS/c1-27-14-9-5-2-6-11(14)16-17(27)24-18(26-25-16)29-10-15(28)23-13-8-4-3-7-12(13)19(20,21)22/h2-9H,10H2,1H3,(H,23,28). The SMILES string of the molecule is Cn1c2ccccc2c2nnc(SCC(=O)Nc3ccccc3C(F)(F)F)nc21. The normalized spacial score (nSPS) is 11.9. The molecule has 29 heavy (non-hydrogen) atoms. The topological polar surface area (TPSA) is 72.7 Å². The Labute approximate surface area is 167 Å². The van der Waals surface area contributed by atoms with Crippen molar-refractivity contribution >= 4 is 45.4 Å². The number of nitrogens with one attached hydrogen (secondary N) is 1. The van der Waals surface area contributed by atoms with E-state index in [9.17, 15) is 18.0 Å². The van der Waals surface area contributed by atoms with Crippen LogP contribution in [-0.4, -0.2) is 31.4 Å². The summed E-state index contributed by atoms with van der Waals surface area (Å²) in [5.41, 5.74) is 1.04. The quantitative estimate of drug-likeness (QED) is 0.502. The number of fused-ring (bicyclic) bond motifs is 3. The molecule has 0 saturated carbocycles. The third-order valence-corrected chi connectivity index (χ3v) is 5.16. The zero-order valence-electron chi connectivity index (χ0n) is 15.1. The Morgan fingerprint density at radius 2 is 1.83 bits per heavy atom. The Morgan fingerprint density at radius 1 is 1.10 bits per heavy atom. The highest BCUT2D eigenvalue weighted by atomic mass is 32.2. The number of anilines is 1. The lowest BCUT2D eigenvalue weighted by Crippen LogP contribution is -2.18. The van der Waals surface area contributed by atoms with Crippen molar-refractivity contribution in [3.05, 3.63) is 54.1 Å². The number of aryl methyl sites for hydroxylation is 1. The van der Waals surface area contributed by atoms with Crippen molar-refractivity contribution in [2.75, 3.05) is 11.1 Å². The molecule has 0 aliphatic heterocycles. The third-order valence-electron chi connectivity index (χ3n) is 4.33. The fourth-order valence-electron chi connectivity index (χ4n) is 3.01. The number of nitrogens with zero attached hydrogens (tertiary/aromatic N) is 4. The van der Waals surface area contributed by atoms with E-state index in [1.54, 1.807) is 0 Å². The number of amides is 1. The number of halogens is 3. The smallest absolute Gasteiger partial charge is 0.327 e.